The van der Waals surface area contributed by atoms with E-state index in [1.165, 1.54) is 23.0 Å². The summed E-state index contributed by atoms with van der Waals surface area (Å²) in [5.41, 5.74) is 5.20. The van der Waals surface area contributed by atoms with Crippen LogP contribution in [0.15, 0.2) is 127 Å². The Hall–Kier alpha value is -4.84. The molecule has 44 heavy (non-hydrogen) atoms. The largest absolute Gasteiger partial charge is 0.446 e. The highest BCUT2D eigenvalue weighted by atomic mass is 16.6. The first-order valence-corrected chi connectivity index (χ1v) is 15.0. The summed E-state index contributed by atoms with van der Waals surface area (Å²) in [7, 11) is 0. The summed E-state index contributed by atoms with van der Waals surface area (Å²) in [5, 5.41) is 0. The molecule has 4 aromatic carbocycles. The fourth-order valence-electron chi connectivity index (χ4n) is 5.65. The second-order valence-electron chi connectivity index (χ2n) is 12.2. The molecule has 0 radical (unpaired) electrons. The molecule has 0 aliphatic carbocycles. The number of rotatable bonds is 10. The number of esters is 1. The number of ether oxygens (including phenoxy) is 2. The molecule has 4 aromatic rings. The zero-order valence-electron chi connectivity index (χ0n) is 25.9. The van der Waals surface area contributed by atoms with E-state index in [0.29, 0.717) is 0 Å². The lowest BCUT2D eigenvalue weighted by Crippen LogP contribution is -2.31. The van der Waals surface area contributed by atoms with Gasteiger partial charge in [0, 0.05) is 31.6 Å². The Kier molecular flexibility index (Phi) is 9.49. The minimum Gasteiger partial charge on any atom is -0.446 e. The number of carbonyl (C=O) groups is 2. The lowest BCUT2D eigenvalue weighted by Gasteiger charge is -2.32. The Bertz CT molecular complexity index is 1540. The lowest BCUT2D eigenvalue weighted by molar-refractivity contribution is -0.139. The van der Waals surface area contributed by atoms with E-state index in [9.17, 15) is 9.59 Å². The molecule has 0 bridgehead atoms. The minimum absolute atomic E-state index is 0.172. The van der Waals surface area contributed by atoms with Crippen LogP contribution in [0.4, 0.5) is 10.5 Å². The van der Waals surface area contributed by atoms with Crippen LogP contribution in [0.25, 0.3) is 0 Å². The molecule has 1 fully saturated rings. The van der Waals surface area contributed by atoms with Crippen molar-refractivity contribution in [2.75, 3.05) is 11.5 Å². The number of carbonyl (C=O) groups excluding carboxylic acids is 2. The summed E-state index contributed by atoms with van der Waals surface area (Å²) < 4.78 is 11.3. The smallest absolute Gasteiger partial charge is 0.417 e. The van der Waals surface area contributed by atoms with Crippen molar-refractivity contribution in [1.29, 1.82) is 0 Å². The number of benzene rings is 4. The van der Waals surface area contributed by atoms with E-state index in [2.05, 4.69) is 98.5 Å². The van der Waals surface area contributed by atoms with Gasteiger partial charge in [-0.05, 0) is 45.9 Å². The van der Waals surface area contributed by atoms with Crippen molar-refractivity contribution >= 4 is 17.7 Å². The molecule has 0 N–H and O–H groups in total. The van der Waals surface area contributed by atoms with Crippen LogP contribution in [0.2, 0.25) is 0 Å². The van der Waals surface area contributed by atoms with E-state index in [-0.39, 0.29) is 23.8 Å². The van der Waals surface area contributed by atoms with Crippen molar-refractivity contribution in [3.05, 3.63) is 149 Å². The molecule has 1 heterocycles. The van der Waals surface area contributed by atoms with Gasteiger partial charge < -0.3 is 14.4 Å². The third-order valence-corrected chi connectivity index (χ3v) is 7.81. The monoisotopic (exact) mass is 588 g/mol. The first-order valence-electron chi connectivity index (χ1n) is 15.0. The molecule has 6 heteroatoms. The molecule has 0 spiro atoms. The van der Waals surface area contributed by atoms with Gasteiger partial charge in [0.1, 0.15) is 12.6 Å². The zero-order valence-corrected chi connectivity index (χ0v) is 25.9. The van der Waals surface area contributed by atoms with Gasteiger partial charge in [0.15, 0.2) is 0 Å². The van der Waals surface area contributed by atoms with Crippen molar-refractivity contribution < 1.29 is 19.1 Å². The quantitative estimate of drug-likeness (QED) is 0.137. The maximum absolute atomic E-state index is 13.1. The fourth-order valence-corrected chi connectivity index (χ4v) is 5.65. The topological polar surface area (TPSA) is 59.1 Å². The Labute approximate surface area is 260 Å². The summed E-state index contributed by atoms with van der Waals surface area (Å²) in [4.78, 5) is 29.3. The van der Waals surface area contributed by atoms with Crippen molar-refractivity contribution in [3.63, 3.8) is 0 Å². The second kappa shape index (κ2) is 13.6. The van der Waals surface area contributed by atoms with Crippen LogP contribution in [0, 0.1) is 5.41 Å². The Morgan fingerprint density at radius 3 is 2.00 bits per heavy atom. The predicted molar refractivity (Wildman–Crippen MR) is 174 cm³/mol. The van der Waals surface area contributed by atoms with E-state index in [1.54, 1.807) is 0 Å². The van der Waals surface area contributed by atoms with Gasteiger partial charge in [0.25, 0.3) is 0 Å². The number of amides is 1. The highest BCUT2D eigenvalue weighted by molar-refractivity contribution is 5.74. The normalized spacial score (nSPS) is 15.9. The average molecular weight is 589 g/mol. The van der Waals surface area contributed by atoms with E-state index >= 15 is 0 Å². The maximum Gasteiger partial charge on any atom is 0.417 e. The van der Waals surface area contributed by atoms with E-state index < -0.39 is 18.1 Å². The molecule has 1 saturated heterocycles. The van der Waals surface area contributed by atoms with Gasteiger partial charge in [0.05, 0.1) is 0 Å². The molecule has 1 amide bonds. The van der Waals surface area contributed by atoms with Gasteiger partial charge >= 0.3 is 12.1 Å². The van der Waals surface area contributed by atoms with Crippen LogP contribution in [-0.2, 0) is 27.4 Å². The highest BCUT2D eigenvalue weighted by Crippen LogP contribution is 2.41. The van der Waals surface area contributed by atoms with Gasteiger partial charge in [0.2, 0.25) is 5.88 Å². The lowest BCUT2D eigenvalue weighted by atomic mass is 9.76. The van der Waals surface area contributed by atoms with Crippen LogP contribution in [0.3, 0.4) is 0 Å². The molecule has 0 unspecified atom stereocenters. The van der Waals surface area contributed by atoms with Gasteiger partial charge in [-0.3, -0.25) is 4.79 Å². The summed E-state index contributed by atoms with van der Waals surface area (Å²) in [6.07, 6.45) is 1.37. The molecule has 1 aliphatic rings. The Balaban J connectivity index is 1.55. The van der Waals surface area contributed by atoms with Gasteiger partial charge in [-0.1, -0.05) is 124 Å². The van der Waals surface area contributed by atoms with Crippen molar-refractivity contribution in [1.82, 2.24) is 4.90 Å². The van der Waals surface area contributed by atoms with Crippen LogP contribution >= 0.6 is 0 Å². The van der Waals surface area contributed by atoms with Crippen LogP contribution in [0.5, 0.6) is 0 Å². The third kappa shape index (κ3) is 7.56. The number of allylic oxidation sites excluding steroid dienone is 1. The molecular formula is C38H40N2O4. The number of hydrogen-bond donors (Lipinski definition) is 0. The van der Waals surface area contributed by atoms with Crippen LogP contribution < -0.4 is 4.90 Å². The van der Waals surface area contributed by atoms with Crippen molar-refractivity contribution in [2.45, 2.75) is 52.7 Å². The first kappa shape index (κ1) is 30.6. The maximum atomic E-state index is 13.1. The summed E-state index contributed by atoms with van der Waals surface area (Å²) in [5.74, 6) is -0.511. The van der Waals surface area contributed by atoms with E-state index in [4.69, 9.17) is 9.47 Å². The molecule has 0 aromatic heterocycles. The van der Waals surface area contributed by atoms with E-state index in [0.717, 1.165) is 29.9 Å². The van der Waals surface area contributed by atoms with Crippen molar-refractivity contribution in [3.8, 4) is 0 Å². The van der Waals surface area contributed by atoms with Crippen LogP contribution in [-0.4, -0.2) is 23.6 Å². The Morgan fingerprint density at radius 2 is 1.45 bits per heavy atom. The molecule has 0 saturated carbocycles. The molecule has 5 rings (SSSR count). The van der Waals surface area contributed by atoms with Crippen molar-refractivity contribution in [2.24, 2.45) is 5.41 Å². The summed E-state index contributed by atoms with van der Waals surface area (Å²) in [6.45, 7) is 9.45. The molecule has 226 valence electrons. The SMILES string of the molecule is CC(=O)O/C(=C\[C@H](c1cccc(N(Cc2ccccc2)Cc2ccccc2)c1)C(C)(C)C)N1C(=O)OC[C@@H]1c1ccccc1. The van der Waals surface area contributed by atoms with E-state index in [1.807, 2.05) is 48.5 Å². The van der Waals surface area contributed by atoms with Crippen LogP contribution in [0.1, 0.15) is 61.9 Å². The van der Waals surface area contributed by atoms with Gasteiger partial charge in [-0.2, -0.15) is 0 Å². The molecule has 2 atom stereocenters. The highest BCUT2D eigenvalue weighted by Gasteiger charge is 2.39. The summed E-state index contributed by atoms with van der Waals surface area (Å²) >= 11 is 0. The molecule has 6 nitrogen and oxygen atoms in total. The minimum atomic E-state index is -0.537. The Morgan fingerprint density at radius 1 is 0.886 bits per heavy atom. The first-order chi connectivity index (χ1) is 21.2. The van der Waals surface area contributed by atoms with Gasteiger partial charge in [-0.25, -0.2) is 9.69 Å². The standard InChI is InChI=1S/C38H40N2O4/c1-28(41)44-36(40-35(27-43-37(40)42)31-19-12-7-13-20-31)24-34(38(2,3)4)32-21-14-22-33(23-32)39(25-29-15-8-5-9-16-29)26-30-17-10-6-11-18-30/h5-24,34-35H,25-27H2,1-4H3/b36-24-/t34-,35-/m1/s1. The number of hydrogen-bond acceptors (Lipinski definition) is 5. The second-order valence-corrected chi connectivity index (χ2v) is 12.2. The number of nitrogens with zero attached hydrogens (tertiary/aromatic N) is 2. The summed E-state index contributed by atoms with van der Waals surface area (Å²) in [6, 6.07) is 38.7. The average Bonchev–Trinajstić information content (AvgIpc) is 3.41. The number of cyclic esters (lactones) is 1. The third-order valence-electron chi connectivity index (χ3n) is 7.81. The number of anilines is 1. The predicted octanol–water partition coefficient (Wildman–Crippen LogP) is 8.62. The zero-order chi connectivity index (χ0) is 31.1. The van der Waals surface area contributed by atoms with Gasteiger partial charge in [-0.15, -0.1) is 0 Å². The molecular weight excluding hydrogens is 548 g/mol. The molecule has 1 aliphatic heterocycles. The fraction of sp³-hybridized carbons (Fsp3) is 0.263.